The van der Waals surface area contributed by atoms with E-state index in [0.29, 0.717) is 0 Å². The largest absolute Gasteiger partial charge is 0.367 e. The quantitative estimate of drug-likeness (QED) is 0.220. The summed E-state index contributed by atoms with van der Waals surface area (Å²) in [6.45, 7) is 0. The molecule has 0 heterocycles. The highest BCUT2D eigenvalue weighted by molar-refractivity contribution is 7.79. The Balaban J connectivity index is 3.56. The van der Waals surface area contributed by atoms with Crippen LogP contribution >= 0.6 is 0 Å². The molecule has 0 rings (SSSR count). The summed E-state index contributed by atoms with van der Waals surface area (Å²) >= 11 is -1.94. The second-order valence-corrected chi connectivity index (χ2v) is 2.16. The fraction of sp³-hybridized carbons (Fsp3) is 0.333. The molecular weight excluding hydrogens is 146 g/mol. The van der Waals surface area contributed by atoms with Crippen LogP contribution in [0.25, 0.3) is 0 Å². The van der Waals surface area contributed by atoms with E-state index in [-0.39, 0.29) is 11.6 Å². The number of hydrogen-bond donors (Lipinski definition) is 3. The van der Waals surface area contributed by atoms with Crippen molar-refractivity contribution in [1.82, 2.24) is 0 Å². The van der Waals surface area contributed by atoms with Crippen LogP contribution in [0.1, 0.15) is 0 Å². The van der Waals surface area contributed by atoms with Gasteiger partial charge >= 0.3 is 0 Å². The van der Waals surface area contributed by atoms with Gasteiger partial charge in [-0.2, -0.15) is 0 Å². The van der Waals surface area contributed by atoms with E-state index in [4.69, 9.17) is 15.5 Å². The maximum absolute atomic E-state index is 9.89. The van der Waals surface area contributed by atoms with Crippen molar-refractivity contribution in [2.75, 3.05) is 5.75 Å². The van der Waals surface area contributed by atoms with Crippen LogP contribution in [0.2, 0.25) is 0 Å². The first kappa shape index (κ1) is 8.41. The monoisotopic (exact) mass is 153 g/mol. The SMILES string of the molecule is N/C(=C/CS(=O)O)OO. The maximum Gasteiger partial charge on any atom is 0.224 e. The second kappa shape index (κ2) is 4.30. The van der Waals surface area contributed by atoms with Crippen molar-refractivity contribution < 1.29 is 18.9 Å². The summed E-state index contributed by atoms with van der Waals surface area (Å²) in [5.41, 5.74) is 4.86. The third kappa shape index (κ3) is 5.28. The molecule has 0 aromatic heterocycles. The molecule has 0 amide bonds. The third-order valence-corrected chi connectivity index (χ3v) is 0.984. The molecule has 0 bridgehead atoms. The van der Waals surface area contributed by atoms with Gasteiger partial charge < -0.3 is 15.2 Å². The molecule has 0 aromatic carbocycles. The van der Waals surface area contributed by atoms with Crippen LogP contribution in [0.15, 0.2) is 12.0 Å². The lowest BCUT2D eigenvalue weighted by atomic mass is 10.7. The van der Waals surface area contributed by atoms with Gasteiger partial charge in [-0.05, 0) is 6.08 Å². The minimum Gasteiger partial charge on any atom is -0.367 e. The molecule has 0 saturated carbocycles. The zero-order chi connectivity index (χ0) is 7.28. The van der Waals surface area contributed by atoms with Crippen LogP contribution in [0.3, 0.4) is 0 Å². The molecule has 0 aliphatic heterocycles. The Morgan fingerprint density at radius 1 is 1.89 bits per heavy atom. The predicted octanol–water partition coefficient (Wildman–Crippen LogP) is -0.502. The topological polar surface area (TPSA) is 92.8 Å². The second-order valence-electron chi connectivity index (χ2n) is 1.19. The zero-order valence-corrected chi connectivity index (χ0v) is 5.30. The Bertz CT molecular complexity index is 134. The van der Waals surface area contributed by atoms with Gasteiger partial charge in [0.2, 0.25) is 5.88 Å². The van der Waals surface area contributed by atoms with Crippen molar-refractivity contribution in [1.29, 1.82) is 0 Å². The molecule has 0 aromatic rings. The van der Waals surface area contributed by atoms with Crippen molar-refractivity contribution in [2.24, 2.45) is 5.73 Å². The van der Waals surface area contributed by atoms with E-state index in [9.17, 15) is 4.21 Å². The summed E-state index contributed by atoms with van der Waals surface area (Å²) in [5, 5.41) is 7.77. The number of hydrogen-bond acceptors (Lipinski definition) is 4. The molecule has 6 heteroatoms. The zero-order valence-electron chi connectivity index (χ0n) is 4.48. The van der Waals surface area contributed by atoms with E-state index in [1.54, 1.807) is 0 Å². The highest BCUT2D eigenvalue weighted by atomic mass is 32.2. The van der Waals surface area contributed by atoms with Crippen LogP contribution in [0.5, 0.6) is 0 Å². The smallest absolute Gasteiger partial charge is 0.224 e. The van der Waals surface area contributed by atoms with Crippen molar-refractivity contribution in [3.8, 4) is 0 Å². The van der Waals surface area contributed by atoms with E-state index in [1.807, 2.05) is 0 Å². The van der Waals surface area contributed by atoms with E-state index in [2.05, 4.69) is 4.89 Å². The lowest BCUT2D eigenvalue weighted by Crippen LogP contribution is -2.02. The maximum atomic E-state index is 9.89. The Morgan fingerprint density at radius 2 is 2.44 bits per heavy atom. The first-order valence-corrected chi connectivity index (χ1v) is 3.29. The van der Waals surface area contributed by atoms with Crippen molar-refractivity contribution in [3.05, 3.63) is 12.0 Å². The van der Waals surface area contributed by atoms with E-state index >= 15 is 0 Å². The average molecular weight is 153 g/mol. The van der Waals surface area contributed by atoms with Crippen molar-refractivity contribution in [2.45, 2.75) is 0 Å². The van der Waals surface area contributed by atoms with Crippen LogP contribution in [0, 0.1) is 0 Å². The lowest BCUT2D eigenvalue weighted by molar-refractivity contribution is -0.204. The normalized spacial score (nSPS) is 15.1. The molecule has 0 aliphatic rings. The molecule has 4 N–H and O–H groups in total. The molecule has 0 saturated heterocycles. The Labute approximate surface area is 54.3 Å². The minimum absolute atomic E-state index is 0.146. The highest BCUT2D eigenvalue weighted by Crippen LogP contribution is 1.83. The molecule has 0 fully saturated rings. The molecule has 0 radical (unpaired) electrons. The van der Waals surface area contributed by atoms with Gasteiger partial charge in [0.25, 0.3) is 0 Å². The van der Waals surface area contributed by atoms with Gasteiger partial charge in [-0.3, -0.25) is 0 Å². The summed E-state index contributed by atoms with van der Waals surface area (Å²) in [5.74, 6) is -0.427. The molecule has 0 spiro atoms. The molecule has 54 valence electrons. The molecular formula is C3H7NO4S. The van der Waals surface area contributed by atoms with Gasteiger partial charge in [0.15, 0.2) is 11.1 Å². The fourth-order valence-electron chi connectivity index (χ4n) is 0.191. The summed E-state index contributed by atoms with van der Waals surface area (Å²) in [6.07, 6.45) is 1.09. The van der Waals surface area contributed by atoms with E-state index in [1.165, 1.54) is 0 Å². The lowest BCUT2D eigenvalue weighted by Gasteiger charge is -1.91. The first-order valence-electron chi connectivity index (χ1n) is 2.01. The Morgan fingerprint density at radius 3 is 2.78 bits per heavy atom. The number of rotatable bonds is 3. The standard InChI is InChI=1S/C3H7NO4S/c4-3(8-5)1-2-9(6)7/h1,5H,2,4H2,(H,6,7)/b3-1-. The van der Waals surface area contributed by atoms with E-state index in [0.717, 1.165) is 6.08 Å². The summed E-state index contributed by atoms with van der Waals surface area (Å²) < 4.78 is 18.0. The van der Waals surface area contributed by atoms with Gasteiger partial charge in [0.1, 0.15) is 0 Å². The first-order chi connectivity index (χ1) is 4.16. The van der Waals surface area contributed by atoms with Gasteiger partial charge in [-0.1, -0.05) is 0 Å². The molecule has 1 unspecified atom stereocenters. The Kier molecular flexibility index (Phi) is 4.02. The summed E-state index contributed by atoms with van der Waals surface area (Å²) in [4.78, 5) is 3.49. The molecule has 5 nitrogen and oxygen atoms in total. The molecule has 1 atom stereocenters. The Hall–Kier alpha value is -0.590. The van der Waals surface area contributed by atoms with E-state index < -0.39 is 11.1 Å². The number of nitrogens with two attached hydrogens (primary N) is 1. The molecule has 9 heavy (non-hydrogen) atoms. The average Bonchev–Trinajstić information content (AvgIpc) is 1.83. The van der Waals surface area contributed by atoms with Crippen LogP contribution in [-0.4, -0.2) is 19.8 Å². The van der Waals surface area contributed by atoms with Gasteiger partial charge in [0.05, 0.1) is 5.75 Å². The summed E-state index contributed by atoms with van der Waals surface area (Å²) in [7, 11) is 0. The van der Waals surface area contributed by atoms with Gasteiger partial charge in [-0.15, -0.1) is 0 Å². The summed E-state index contributed by atoms with van der Waals surface area (Å²) in [6, 6.07) is 0. The fourth-order valence-corrected chi connectivity index (χ4v) is 0.498. The van der Waals surface area contributed by atoms with Crippen molar-refractivity contribution in [3.63, 3.8) is 0 Å². The highest BCUT2D eigenvalue weighted by Gasteiger charge is 1.90. The molecule has 0 aliphatic carbocycles. The van der Waals surface area contributed by atoms with Crippen LogP contribution in [-0.2, 0) is 16.0 Å². The van der Waals surface area contributed by atoms with Crippen molar-refractivity contribution >= 4 is 11.1 Å². The van der Waals surface area contributed by atoms with Gasteiger partial charge in [0, 0.05) is 0 Å². The van der Waals surface area contributed by atoms with Crippen LogP contribution in [0.4, 0.5) is 0 Å². The minimum atomic E-state index is -1.94. The predicted molar refractivity (Wildman–Crippen MR) is 31.6 cm³/mol. The third-order valence-electron chi connectivity index (χ3n) is 0.533. The van der Waals surface area contributed by atoms with Crippen LogP contribution < -0.4 is 5.73 Å². The van der Waals surface area contributed by atoms with Gasteiger partial charge in [-0.25, -0.2) is 9.47 Å².